The van der Waals surface area contributed by atoms with Crippen molar-refractivity contribution in [3.8, 4) is 11.3 Å². The number of hydrogen-bond acceptors (Lipinski definition) is 6. The molecule has 1 aromatic carbocycles. The van der Waals surface area contributed by atoms with Crippen LogP contribution in [0.2, 0.25) is 0 Å². The quantitative estimate of drug-likeness (QED) is 0.610. The topological polar surface area (TPSA) is 82.2 Å². The molecular weight excluding hydrogens is 376 g/mol. The van der Waals surface area contributed by atoms with Crippen molar-refractivity contribution < 1.29 is 14.1 Å². The molecule has 0 radical (unpaired) electrons. The van der Waals surface area contributed by atoms with Crippen LogP contribution >= 0.6 is 11.8 Å². The molecule has 2 aromatic heterocycles. The van der Waals surface area contributed by atoms with Crippen LogP contribution in [-0.4, -0.2) is 39.1 Å². The first kappa shape index (κ1) is 18.8. The Balaban J connectivity index is 1.49. The average molecular weight is 398 g/mol. The third-order valence-electron chi connectivity index (χ3n) is 4.53. The molecule has 3 heterocycles. The van der Waals surface area contributed by atoms with Crippen molar-refractivity contribution in [3.63, 3.8) is 0 Å². The first-order valence-electron chi connectivity index (χ1n) is 9.27. The number of benzene rings is 1. The van der Waals surface area contributed by atoms with Gasteiger partial charge in [0.2, 0.25) is 5.91 Å². The SMILES string of the molecule is Cc1cc(NC(=O)CSc2ncc(-c3ccccc3)n2C[C@H]2CCCO2)no1. The molecule has 8 heteroatoms. The second-order valence-corrected chi connectivity index (χ2v) is 7.64. The molecule has 1 amide bonds. The van der Waals surface area contributed by atoms with Gasteiger partial charge in [0.25, 0.3) is 0 Å². The number of imidazole rings is 1. The first-order chi connectivity index (χ1) is 13.7. The molecule has 0 unspecified atom stereocenters. The number of carbonyl (C=O) groups is 1. The van der Waals surface area contributed by atoms with Gasteiger partial charge < -0.3 is 19.1 Å². The van der Waals surface area contributed by atoms with Crippen molar-refractivity contribution in [2.75, 3.05) is 17.7 Å². The van der Waals surface area contributed by atoms with Gasteiger partial charge in [-0.25, -0.2) is 4.98 Å². The number of ether oxygens (including phenoxy) is 1. The molecule has 1 fully saturated rings. The van der Waals surface area contributed by atoms with Gasteiger partial charge in [-0.1, -0.05) is 47.3 Å². The summed E-state index contributed by atoms with van der Waals surface area (Å²) in [6, 6.07) is 11.8. The lowest BCUT2D eigenvalue weighted by atomic mass is 10.1. The van der Waals surface area contributed by atoms with E-state index in [4.69, 9.17) is 9.26 Å². The van der Waals surface area contributed by atoms with E-state index in [2.05, 4.69) is 32.2 Å². The normalized spacial score (nSPS) is 16.4. The van der Waals surface area contributed by atoms with Crippen LogP contribution in [-0.2, 0) is 16.1 Å². The maximum absolute atomic E-state index is 12.3. The predicted octanol–water partition coefficient (Wildman–Crippen LogP) is 3.76. The number of rotatable bonds is 7. The van der Waals surface area contributed by atoms with Crippen LogP contribution in [0.4, 0.5) is 5.82 Å². The van der Waals surface area contributed by atoms with E-state index in [1.54, 1.807) is 13.0 Å². The van der Waals surface area contributed by atoms with E-state index in [9.17, 15) is 4.79 Å². The maximum Gasteiger partial charge on any atom is 0.236 e. The number of aryl methyl sites for hydroxylation is 1. The van der Waals surface area contributed by atoms with E-state index < -0.39 is 0 Å². The van der Waals surface area contributed by atoms with Crippen molar-refractivity contribution in [1.82, 2.24) is 14.7 Å². The van der Waals surface area contributed by atoms with E-state index in [1.807, 2.05) is 24.4 Å². The molecule has 0 bridgehead atoms. The molecule has 146 valence electrons. The van der Waals surface area contributed by atoms with Crippen molar-refractivity contribution in [1.29, 1.82) is 0 Å². The number of thioether (sulfide) groups is 1. The van der Waals surface area contributed by atoms with E-state index in [0.717, 1.165) is 42.4 Å². The number of aromatic nitrogens is 3. The Morgan fingerprint density at radius 2 is 2.21 bits per heavy atom. The predicted molar refractivity (Wildman–Crippen MR) is 107 cm³/mol. The minimum Gasteiger partial charge on any atom is -0.376 e. The van der Waals surface area contributed by atoms with Crippen LogP contribution in [0.5, 0.6) is 0 Å². The molecule has 7 nitrogen and oxygen atoms in total. The Labute approximate surface area is 167 Å². The zero-order chi connectivity index (χ0) is 19.3. The van der Waals surface area contributed by atoms with E-state index in [-0.39, 0.29) is 17.8 Å². The smallest absolute Gasteiger partial charge is 0.236 e. The van der Waals surface area contributed by atoms with Crippen molar-refractivity contribution >= 4 is 23.5 Å². The lowest BCUT2D eigenvalue weighted by molar-refractivity contribution is -0.113. The summed E-state index contributed by atoms with van der Waals surface area (Å²) < 4.78 is 13.0. The maximum atomic E-state index is 12.3. The van der Waals surface area contributed by atoms with Gasteiger partial charge >= 0.3 is 0 Å². The summed E-state index contributed by atoms with van der Waals surface area (Å²) in [6.07, 6.45) is 4.18. The number of nitrogens with zero attached hydrogens (tertiary/aromatic N) is 3. The van der Waals surface area contributed by atoms with Gasteiger partial charge in [0.15, 0.2) is 11.0 Å². The Kier molecular flexibility index (Phi) is 5.78. The van der Waals surface area contributed by atoms with Crippen molar-refractivity contribution in [3.05, 3.63) is 48.4 Å². The van der Waals surface area contributed by atoms with Crippen LogP contribution < -0.4 is 5.32 Å². The zero-order valence-electron chi connectivity index (χ0n) is 15.6. The molecule has 0 spiro atoms. The van der Waals surface area contributed by atoms with Crippen LogP contribution in [0.15, 0.2) is 52.3 Å². The summed E-state index contributed by atoms with van der Waals surface area (Å²) in [7, 11) is 0. The summed E-state index contributed by atoms with van der Waals surface area (Å²) in [5.41, 5.74) is 2.13. The van der Waals surface area contributed by atoms with E-state index in [0.29, 0.717) is 11.6 Å². The third-order valence-corrected chi connectivity index (χ3v) is 5.52. The summed E-state index contributed by atoms with van der Waals surface area (Å²) >= 11 is 1.41. The van der Waals surface area contributed by atoms with Crippen LogP contribution in [0.3, 0.4) is 0 Å². The molecule has 4 rings (SSSR count). The number of hydrogen-bond donors (Lipinski definition) is 1. The number of nitrogens with one attached hydrogen (secondary N) is 1. The van der Waals surface area contributed by atoms with Gasteiger partial charge in [0, 0.05) is 12.7 Å². The average Bonchev–Trinajstić information content (AvgIpc) is 3.44. The molecule has 28 heavy (non-hydrogen) atoms. The number of carbonyl (C=O) groups excluding carboxylic acids is 1. The Morgan fingerprint density at radius 3 is 2.93 bits per heavy atom. The molecule has 1 aliphatic rings. The Morgan fingerprint density at radius 1 is 1.36 bits per heavy atom. The van der Waals surface area contributed by atoms with Crippen molar-refractivity contribution in [2.24, 2.45) is 0 Å². The third kappa shape index (κ3) is 4.45. The number of anilines is 1. The van der Waals surface area contributed by atoms with Crippen LogP contribution in [0, 0.1) is 6.92 Å². The van der Waals surface area contributed by atoms with Gasteiger partial charge in [-0.15, -0.1) is 0 Å². The van der Waals surface area contributed by atoms with Gasteiger partial charge in [0.1, 0.15) is 5.76 Å². The summed E-state index contributed by atoms with van der Waals surface area (Å²) in [6.45, 7) is 3.32. The molecule has 0 saturated carbocycles. The minimum atomic E-state index is -0.147. The molecule has 1 saturated heterocycles. The van der Waals surface area contributed by atoms with E-state index in [1.165, 1.54) is 11.8 Å². The monoisotopic (exact) mass is 398 g/mol. The molecule has 3 aromatic rings. The summed E-state index contributed by atoms with van der Waals surface area (Å²) in [4.78, 5) is 16.8. The van der Waals surface area contributed by atoms with Gasteiger partial charge in [-0.3, -0.25) is 4.79 Å². The van der Waals surface area contributed by atoms with E-state index >= 15 is 0 Å². The zero-order valence-corrected chi connectivity index (χ0v) is 16.4. The first-order valence-corrected chi connectivity index (χ1v) is 10.3. The number of amides is 1. The second-order valence-electron chi connectivity index (χ2n) is 6.70. The minimum absolute atomic E-state index is 0.147. The lowest BCUT2D eigenvalue weighted by Crippen LogP contribution is -2.18. The Hall–Kier alpha value is -2.58. The van der Waals surface area contributed by atoms with Gasteiger partial charge in [-0.2, -0.15) is 0 Å². The van der Waals surface area contributed by atoms with Gasteiger partial charge in [0.05, 0.1) is 30.3 Å². The lowest BCUT2D eigenvalue weighted by Gasteiger charge is -2.16. The van der Waals surface area contributed by atoms with Gasteiger partial charge in [-0.05, 0) is 25.3 Å². The molecule has 0 aliphatic carbocycles. The fraction of sp³-hybridized carbons (Fsp3) is 0.350. The molecular formula is C20H22N4O3S. The summed E-state index contributed by atoms with van der Waals surface area (Å²) in [5.74, 6) is 1.17. The van der Waals surface area contributed by atoms with Crippen LogP contribution in [0.25, 0.3) is 11.3 Å². The fourth-order valence-corrected chi connectivity index (χ4v) is 4.00. The Bertz CT molecular complexity index is 932. The highest BCUT2D eigenvalue weighted by atomic mass is 32.2. The van der Waals surface area contributed by atoms with Crippen LogP contribution in [0.1, 0.15) is 18.6 Å². The largest absolute Gasteiger partial charge is 0.376 e. The highest BCUT2D eigenvalue weighted by Gasteiger charge is 2.21. The fourth-order valence-electron chi connectivity index (χ4n) is 3.22. The molecule has 1 aliphatic heterocycles. The highest BCUT2D eigenvalue weighted by molar-refractivity contribution is 7.99. The molecule has 1 N–H and O–H groups in total. The summed E-state index contributed by atoms with van der Waals surface area (Å²) in [5, 5.41) is 7.33. The second kappa shape index (κ2) is 8.62. The van der Waals surface area contributed by atoms with Crippen molar-refractivity contribution in [2.45, 2.75) is 37.6 Å². The highest BCUT2D eigenvalue weighted by Crippen LogP contribution is 2.28. The molecule has 1 atom stereocenters. The standard InChI is InChI=1S/C20H22N4O3S/c1-14-10-18(23-27-14)22-19(25)13-28-20-21-11-17(15-6-3-2-4-7-15)24(20)12-16-8-5-9-26-16/h2-4,6-7,10-11,16H,5,8-9,12-13H2,1H3,(H,22,23,25)/t16-/m1/s1.